The van der Waals surface area contributed by atoms with Crippen molar-refractivity contribution in [2.45, 2.75) is 11.8 Å². The Balaban J connectivity index is 1.75. The molecule has 4 heteroatoms. The fourth-order valence-electron chi connectivity index (χ4n) is 3.18. The number of benzene rings is 2. The monoisotopic (exact) mass is 349 g/mol. The van der Waals surface area contributed by atoms with Crippen molar-refractivity contribution in [3.05, 3.63) is 65.3 Å². The predicted octanol–water partition coefficient (Wildman–Crippen LogP) is 4.60. The number of aromatic nitrogens is 1. The van der Waals surface area contributed by atoms with Gasteiger partial charge in [0.15, 0.2) is 6.20 Å². The van der Waals surface area contributed by atoms with Crippen molar-refractivity contribution in [1.82, 2.24) is 0 Å². The molecule has 0 radical (unpaired) electrons. The number of nitrogens with zero attached hydrogens (tertiary/aromatic N) is 2. The number of hydrogen-bond donors (Lipinski definition) is 0. The quantitative estimate of drug-likeness (QED) is 0.643. The van der Waals surface area contributed by atoms with Gasteiger partial charge >= 0.3 is 0 Å². The summed E-state index contributed by atoms with van der Waals surface area (Å²) in [5.41, 5.74) is 3.70. The molecule has 2 heterocycles. The van der Waals surface area contributed by atoms with E-state index in [1.165, 1.54) is 32.1 Å². The van der Waals surface area contributed by atoms with E-state index >= 15 is 0 Å². The highest BCUT2D eigenvalue weighted by Crippen LogP contribution is 2.47. The molecular formula is C21H21N2OS+. The predicted molar refractivity (Wildman–Crippen MR) is 105 cm³/mol. The van der Waals surface area contributed by atoms with Gasteiger partial charge in [0.1, 0.15) is 12.8 Å². The van der Waals surface area contributed by atoms with Crippen LogP contribution in [0.4, 0.5) is 5.69 Å². The number of para-hydroxylation sites is 1. The van der Waals surface area contributed by atoms with Crippen LogP contribution in [-0.2, 0) is 7.05 Å². The molecule has 1 aromatic heterocycles. The molecule has 4 rings (SSSR count). The van der Waals surface area contributed by atoms with Crippen LogP contribution in [0.15, 0.2) is 64.7 Å². The van der Waals surface area contributed by atoms with Gasteiger partial charge in [-0.1, -0.05) is 23.9 Å². The summed E-state index contributed by atoms with van der Waals surface area (Å²) in [6.45, 7) is 2.70. The Morgan fingerprint density at radius 2 is 2.00 bits per heavy atom. The van der Waals surface area contributed by atoms with Gasteiger partial charge in [-0.25, -0.2) is 4.57 Å². The summed E-state index contributed by atoms with van der Waals surface area (Å²) in [7, 11) is 4.21. The maximum absolute atomic E-state index is 5.64. The summed E-state index contributed by atoms with van der Waals surface area (Å²) in [5.74, 6) is 0.931. The van der Waals surface area contributed by atoms with E-state index in [1.54, 1.807) is 11.8 Å². The van der Waals surface area contributed by atoms with Crippen LogP contribution >= 0.6 is 11.8 Å². The third-order valence-electron chi connectivity index (χ3n) is 4.50. The van der Waals surface area contributed by atoms with Gasteiger partial charge in [-0.05, 0) is 42.8 Å². The number of hydrogen-bond acceptors (Lipinski definition) is 3. The van der Waals surface area contributed by atoms with Crippen LogP contribution in [0.1, 0.15) is 12.5 Å². The van der Waals surface area contributed by atoms with Crippen LogP contribution in [-0.4, -0.2) is 13.7 Å². The van der Waals surface area contributed by atoms with Crippen molar-refractivity contribution in [2.24, 2.45) is 7.05 Å². The van der Waals surface area contributed by atoms with E-state index in [4.69, 9.17) is 4.74 Å². The Morgan fingerprint density at radius 3 is 2.84 bits per heavy atom. The third-order valence-corrected chi connectivity index (χ3v) is 5.65. The molecular weight excluding hydrogens is 328 g/mol. The SMILES string of the molecule is CCOc1ccc2c(c1)S/C(=C\c1cc[n+](C)c3ccccc13)N2C. The molecule has 0 saturated carbocycles. The van der Waals surface area contributed by atoms with Crippen LogP contribution in [0, 0.1) is 0 Å². The number of fused-ring (bicyclic) bond motifs is 2. The standard InChI is InChI=1S/C21H21N2OS/c1-4-24-16-9-10-19-20(14-16)25-21(23(19)3)13-15-11-12-22(2)18-8-6-5-7-17(15)18/h5-14H,4H2,1-3H3/q+1. The molecule has 0 aliphatic carbocycles. The molecule has 3 nitrogen and oxygen atoms in total. The van der Waals surface area contributed by atoms with Gasteiger partial charge < -0.3 is 9.64 Å². The van der Waals surface area contributed by atoms with Crippen LogP contribution < -0.4 is 14.2 Å². The molecule has 0 unspecified atom stereocenters. The molecule has 0 atom stereocenters. The molecule has 0 amide bonds. The zero-order chi connectivity index (χ0) is 17.4. The smallest absolute Gasteiger partial charge is 0.212 e. The molecule has 2 aromatic carbocycles. The van der Waals surface area contributed by atoms with E-state index in [2.05, 4.69) is 78.3 Å². The van der Waals surface area contributed by atoms with Crippen LogP contribution in [0.25, 0.3) is 17.0 Å². The van der Waals surface area contributed by atoms with Gasteiger partial charge in [0.25, 0.3) is 0 Å². The molecule has 3 aromatic rings. The van der Waals surface area contributed by atoms with E-state index in [0.29, 0.717) is 6.61 Å². The summed E-state index contributed by atoms with van der Waals surface area (Å²) < 4.78 is 7.80. The maximum atomic E-state index is 5.64. The average Bonchev–Trinajstić information content (AvgIpc) is 2.93. The Hall–Kier alpha value is -2.46. The minimum absolute atomic E-state index is 0.689. The van der Waals surface area contributed by atoms with Gasteiger partial charge in [-0.3, -0.25) is 0 Å². The molecule has 0 N–H and O–H groups in total. The maximum Gasteiger partial charge on any atom is 0.212 e. The largest absolute Gasteiger partial charge is 0.494 e. The first-order chi connectivity index (χ1) is 12.2. The number of anilines is 1. The Kier molecular flexibility index (Phi) is 4.14. The van der Waals surface area contributed by atoms with Gasteiger partial charge in [0, 0.05) is 24.1 Å². The topological polar surface area (TPSA) is 16.4 Å². The van der Waals surface area contributed by atoms with Gasteiger partial charge in [0.2, 0.25) is 5.52 Å². The van der Waals surface area contributed by atoms with Crippen molar-refractivity contribution in [1.29, 1.82) is 0 Å². The third kappa shape index (κ3) is 2.87. The molecule has 1 aliphatic heterocycles. The number of aryl methyl sites for hydroxylation is 1. The molecule has 126 valence electrons. The van der Waals surface area contributed by atoms with E-state index in [0.717, 1.165) is 5.75 Å². The lowest BCUT2D eigenvalue weighted by atomic mass is 10.1. The molecule has 0 saturated heterocycles. The van der Waals surface area contributed by atoms with E-state index in [-0.39, 0.29) is 0 Å². The summed E-state index contributed by atoms with van der Waals surface area (Å²) in [4.78, 5) is 3.49. The molecule has 25 heavy (non-hydrogen) atoms. The summed E-state index contributed by atoms with van der Waals surface area (Å²) in [5, 5.41) is 2.49. The highest BCUT2D eigenvalue weighted by atomic mass is 32.2. The molecule has 0 spiro atoms. The van der Waals surface area contributed by atoms with Crippen LogP contribution in [0.5, 0.6) is 5.75 Å². The first kappa shape index (κ1) is 16.0. The Bertz CT molecular complexity index is 981. The molecule has 1 aliphatic rings. The summed E-state index contributed by atoms with van der Waals surface area (Å²) in [6.07, 6.45) is 4.39. The van der Waals surface area contributed by atoms with Gasteiger partial charge in [0.05, 0.1) is 22.7 Å². The van der Waals surface area contributed by atoms with E-state index in [1.807, 2.05) is 13.0 Å². The van der Waals surface area contributed by atoms with Crippen molar-refractivity contribution in [3.8, 4) is 5.75 Å². The normalized spacial score (nSPS) is 15.0. The fraction of sp³-hybridized carbons (Fsp3) is 0.190. The van der Waals surface area contributed by atoms with Crippen molar-refractivity contribution < 1.29 is 9.30 Å². The van der Waals surface area contributed by atoms with E-state index in [9.17, 15) is 0 Å². The van der Waals surface area contributed by atoms with Crippen molar-refractivity contribution >= 4 is 34.4 Å². The number of ether oxygens (including phenoxy) is 1. The number of pyridine rings is 1. The lowest BCUT2D eigenvalue weighted by Crippen LogP contribution is -2.28. The second-order valence-electron chi connectivity index (χ2n) is 6.11. The lowest BCUT2D eigenvalue weighted by molar-refractivity contribution is -0.644. The Morgan fingerprint density at radius 1 is 1.16 bits per heavy atom. The minimum atomic E-state index is 0.689. The number of thioether (sulfide) groups is 1. The average molecular weight is 349 g/mol. The lowest BCUT2D eigenvalue weighted by Gasteiger charge is -2.14. The van der Waals surface area contributed by atoms with Crippen LogP contribution in [0.3, 0.4) is 0 Å². The highest BCUT2D eigenvalue weighted by molar-refractivity contribution is 8.03. The van der Waals surface area contributed by atoms with Crippen molar-refractivity contribution in [2.75, 3.05) is 18.6 Å². The van der Waals surface area contributed by atoms with E-state index < -0.39 is 0 Å². The van der Waals surface area contributed by atoms with Crippen LogP contribution in [0.2, 0.25) is 0 Å². The second-order valence-corrected chi connectivity index (χ2v) is 7.17. The fourth-order valence-corrected chi connectivity index (χ4v) is 4.31. The highest BCUT2D eigenvalue weighted by Gasteiger charge is 2.23. The van der Waals surface area contributed by atoms with Gasteiger partial charge in [-0.2, -0.15) is 0 Å². The zero-order valence-corrected chi connectivity index (χ0v) is 15.5. The second kappa shape index (κ2) is 6.45. The molecule has 0 fully saturated rings. The Labute approximate surface area is 152 Å². The van der Waals surface area contributed by atoms with Crippen molar-refractivity contribution in [3.63, 3.8) is 0 Å². The summed E-state index contributed by atoms with van der Waals surface area (Å²) in [6, 6.07) is 17.0. The number of rotatable bonds is 3. The van der Waals surface area contributed by atoms with Gasteiger partial charge in [-0.15, -0.1) is 0 Å². The first-order valence-corrected chi connectivity index (χ1v) is 9.26. The minimum Gasteiger partial charge on any atom is -0.494 e. The summed E-state index contributed by atoms with van der Waals surface area (Å²) >= 11 is 1.79. The first-order valence-electron chi connectivity index (χ1n) is 8.45. The zero-order valence-electron chi connectivity index (χ0n) is 14.7. The molecule has 0 bridgehead atoms.